The molecule has 0 saturated carbocycles. The molecule has 0 bridgehead atoms. The fourth-order valence-electron chi connectivity index (χ4n) is 2.66. The number of aryl methyl sites for hydroxylation is 2. The third kappa shape index (κ3) is 3.27. The number of anilines is 1. The molecule has 0 radical (unpaired) electrons. The zero-order valence-electron chi connectivity index (χ0n) is 12.9. The third-order valence-corrected chi connectivity index (χ3v) is 3.77. The molecule has 118 valence electrons. The monoisotopic (exact) mass is 304 g/mol. The van der Waals surface area contributed by atoms with Gasteiger partial charge in [-0.1, -0.05) is 6.07 Å². The lowest BCUT2D eigenvalue weighted by molar-refractivity contribution is -0.143. The number of amides is 2. The van der Waals surface area contributed by atoms with Crippen molar-refractivity contribution in [3.63, 3.8) is 0 Å². The highest BCUT2D eigenvalue weighted by molar-refractivity contribution is 6.10. The number of benzene rings is 1. The second-order valence-corrected chi connectivity index (χ2v) is 5.75. The van der Waals surface area contributed by atoms with Crippen LogP contribution in [0.4, 0.5) is 5.69 Å². The van der Waals surface area contributed by atoms with Crippen LogP contribution in [0.1, 0.15) is 24.5 Å². The Morgan fingerprint density at radius 1 is 1.27 bits per heavy atom. The van der Waals surface area contributed by atoms with Crippen molar-refractivity contribution in [1.82, 2.24) is 5.32 Å². The molecular formula is C16H20N2O4. The van der Waals surface area contributed by atoms with Crippen LogP contribution in [0, 0.1) is 19.8 Å². The van der Waals surface area contributed by atoms with Gasteiger partial charge in [-0.05, 0) is 50.5 Å². The molecule has 1 unspecified atom stereocenters. The molecule has 1 fully saturated rings. The molecule has 0 aromatic heterocycles. The number of aliphatic carboxylic acids is 1. The van der Waals surface area contributed by atoms with Crippen LogP contribution < -0.4 is 10.2 Å². The van der Waals surface area contributed by atoms with Crippen LogP contribution in [0.2, 0.25) is 0 Å². The van der Waals surface area contributed by atoms with Crippen molar-refractivity contribution in [3.8, 4) is 0 Å². The summed E-state index contributed by atoms with van der Waals surface area (Å²) in [5, 5.41) is 11.2. The highest BCUT2D eigenvalue weighted by Crippen LogP contribution is 2.27. The Bertz CT molecular complexity index is 606. The fraction of sp³-hybridized carbons (Fsp3) is 0.438. The van der Waals surface area contributed by atoms with Crippen LogP contribution in [-0.4, -0.2) is 35.5 Å². The van der Waals surface area contributed by atoms with E-state index in [0.29, 0.717) is 13.0 Å². The second-order valence-electron chi connectivity index (χ2n) is 5.75. The predicted octanol–water partition coefficient (Wildman–Crippen LogP) is 1.25. The highest BCUT2D eigenvalue weighted by Gasteiger charge is 2.38. The van der Waals surface area contributed by atoms with Crippen LogP contribution >= 0.6 is 0 Å². The van der Waals surface area contributed by atoms with Gasteiger partial charge in [-0.3, -0.25) is 14.4 Å². The van der Waals surface area contributed by atoms with Gasteiger partial charge < -0.3 is 15.3 Å². The zero-order valence-corrected chi connectivity index (χ0v) is 12.9. The van der Waals surface area contributed by atoms with E-state index in [0.717, 1.165) is 16.8 Å². The van der Waals surface area contributed by atoms with Gasteiger partial charge in [-0.25, -0.2) is 0 Å². The van der Waals surface area contributed by atoms with Crippen LogP contribution in [0.25, 0.3) is 0 Å². The number of nitrogens with zero attached hydrogens (tertiary/aromatic N) is 1. The van der Waals surface area contributed by atoms with Gasteiger partial charge in [-0.15, -0.1) is 0 Å². The molecule has 1 saturated heterocycles. The van der Waals surface area contributed by atoms with Gasteiger partial charge >= 0.3 is 5.97 Å². The Morgan fingerprint density at radius 2 is 1.86 bits per heavy atom. The summed E-state index contributed by atoms with van der Waals surface area (Å²) in [5.41, 5.74) is 2.88. The molecule has 6 heteroatoms. The molecule has 0 aliphatic carbocycles. The molecule has 1 aromatic rings. The lowest BCUT2D eigenvalue weighted by atomic mass is 10.1. The molecule has 2 atom stereocenters. The summed E-state index contributed by atoms with van der Waals surface area (Å²) in [6.07, 6.45) is 0.393. The average Bonchev–Trinajstić information content (AvgIpc) is 2.79. The van der Waals surface area contributed by atoms with Gasteiger partial charge in [-0.2, -0.15) is 0 Å². The first-order chi connectivity index (χ1) is 10.3. The normalized spacial score (nSPS) is 19.1. The topological polar surface area (TPSA) is 86.7 Å². The molecule has 1 aliphatic heterocycles. The van der Waals surface area contributed by atoms with E-state index in [-0.39, 0.29) is 5.91 Å². The summed E-state index contributed by atoms with van der Waals surface area (Å²) < 4.78 is 0. The first kappa shape index (κ1) is 16.0. The number of hydrogen-bond donors (Lipinski definition) is 2. The average molecular weight is 304 g/mol. The van der Waals surface area contributed by atoms with Crippen molar-refractivity contribution in [2.75, 3.05) is 11.4 Å². The highest BCUT2D eigenvalue weighted by atomic mass is 16.4. The summed E-state index contributed by atoms with van der Waals surface area (Å²) in [6.45, 7) is 5.74. The molecule has 0 spiro atoms. The molecule has 2 rings (SSSR count). The SMILES string of the molecule is Cc1cc(C)cc(N2CCC(C(=O)N[C@@H](C)C(=O)O)C2=O)c1. The standard InChI is InChI=1S/C16H20N2O4/c1-9-6-10(2)8-12(7-9)18-5-4-13(15(18)20)14(19)17-11(3)16(21)22/h6-8,11,13H,4-5H2,1-3H3,(H,17,19)(H,21,22)/t11-,13?/m0/s1. The number of carbonyl (C=O) groups excluding carboxylic acids is 2. The van der Waals surface area contributed by atoms with Crippen LogP contribution in [-0.2, 0) is 14.4 Å². The first-order valence-corrected chi connectivity index (χ1v) is 7.22. The quantitative estimate of drug-likeness (QED) is 0.820. The lowest BCUT2D eigenvalue weighted by Crippen LogP contribution is -2.44. The van der Waals surface area contributed by atoms with E-state index < -0.39 is 23.8 Å². The van der Waals surface area contributed by atoms with Gasteiger partial charge in [0.2, 0.25) is 11.8 Å². The predicted molar refractivity (Wildman–Crippen MR) is 81.6 cm³/mol. The summed E-state index contributed by atoms with van der Waals surface area (Å²) in [5.74, 6) is -2.74. The van der Waals surface area contributed by atoms with Crippen molar-refractivity contribution >= 4 is 23.5 Å². The minimum absolute atomic E-state index is 0.278. The largest absolute Gasteiger partial charge is 0.480 e. The van der Waals surface area contributed by atoms with Crippen molar-refractivity contribution in [2.45, 2.75) is 33.2 Å². The van der Waals surface area contributed by atoms with Crippen molar-refractivity contribution < 1.29 is 19.5 Å². The van der Waals surface area contributed by atoms with Gasteiger partial charge in [0, 0.05) is 12.2 Å². The lowest BCUT2D eigenvalue weighted by Gasteiger charge is -2.18. The Hall–Kier alpha value is -2.37. The van der Waals surface area contributed by atoms with Gasteiger partial charge in [0.1, 0.15) is 12.0 Å². The molecular weight excluding hydrogens is 284 g/mol. The van der Waals surface area contributed by atoms with Crippen LogP contribution in [0.5, 0.6) is 0 Å². The van der Waals surface area contributed by atoms with Gasteiger partial charge in [0.25, 0.3) is 0 Å². The molecule has 2 amide bonds. The molecule has 6 nitrogen and oxygen atoms in total. The van der Waals surface area contributed by atoms with E-state index in [1.807, 2.05) is 32.0 Å². The minimum Gasteiger partial charge on any atom is -0.480 e. The van der Waals surface area contributed by atoms with Crippen molar-refractivity contribution in [2.24, 2.45) is 5.92 Å². The molecule has 1 aliphatic rings. The van der Waals surface area contributed by atoms with Crippen LogP contribution in [0.15, 0.2) is 18.2 Å². The molecule has 1 heterocycles. The Balaban J connectivity index is 2.12. The summed E-state index contributed by atoms with van der Waals surface area (Å²) >= 11 is 0. The number of carbonyl (C=O) groups is 3. The molecule has 22 heavy (non-hydrogen) atoms. The number of carboxylic acids is 1. The Labute approximate surface area is 129 Å². The number of hydrogen-bond acceptors (Lipinski definition) is 3. The number of rotatable bonds is 4. The first-order valence-electron chi connectivity index (χ1n) is 7.22. The second kappa shape index (κ2) is 6.17. The van der Waals surface area contributed by atoms with Gasteiger partial charge in [0.05, 0.1) is 0 Å². The van der Waals surface area contributed by atoms with E-state index in [1.165, 1.54) is 6.92 Å². The maximum Gasteiger partial charge on any atom is 0.325 e. The minimum atomic E-state index is -1.12. The fourth-order valence-corrected chi connectivity index (χ4v) is 2.66. The Kier molecular flexibility index (Phi) is 4.49. The maximum absolute atomic E-state index is 12.4. The Morgan fingerprint density at radius 3 is 2.41 bits per heavy atom. The van der Waals surface area contributed by atoms with E-state index in [9.17, 15) is 14.4 Å². The molecule has 1 aromatic carbocycles. The summed E-state index contributed by atoms with van der Waals surface area (Å²) in [7, 11) is 0. The third-order valence-electron chi connectivity index (χ3n) is 3.77. The van der Waals surface area contributed by atoms with Crippen molar-refractivity contribution in [3.05, 3.63) is 29.3 Å². The van der Waals surface area contributed by atoms with E-state index >= 15 is 0 Å². The zero-order chi connectivity index (χ0) is 16.4. The van der Waals surface area contributed by atoms with E-state index in [4.69, 9.17) is 5.11 Å². The van der Waals surface area contributed by atoms with Crippen molar-refractivity contribution in [1.29, 1.82) is 0 Å². The number of nitrogens with one attached hydrogen (secondary N) is 1. The van der Waals surface area contributed by atoms with Crippen LogP contribution in [0.3, 0.4) is 0 Å². The maximum atomic E-state index is 12.4. The number of carboxylic acid groups (broad SMARTS) is 1. The van der Waals surface area contributed by atoms with E-state index in [2.05, 4.69) is 5.32 Å². The van der Waals surface area contributed by atoms with Gasteiger partial charge in [0.15, 0.2) is 0 Å². The summed E-state index contributed by atoms with van der Waals surface area (Å²) in [4.78, 5) is 36.9. The summed E-state index contributed by atoms with van der Waals surface area (Å²) in [6, 6.07) is 4.83. The van der Waals surface area contributed by atoms with E-state index in [1.54, 1.807) is 4.90 Å². The smallest absolute Gasteiger partial charge is 0.325 e. The molecule has 2 N–H and O–H groups in total.